The molecule has 102 valence electrons. The van der Waals surface area contributed by atoms with Crippen LogP contribution in [0.5, 0.6) is 0 Å². The first-order valence-corrected chi connectivity index (χ1v) is 6.85. The highest BCUT2D eigenvalue weighted by atomic mass is 16.2. The van der Waals surface area contributed by atoms with Gasteiger partial charge < -0.3 is 4.90 Å². The van der Waals surface area contributed by atoms with Crippen molar-refractivity contribution < 1.29 is 4.79 Å². The fourth-order valence-corrected chi connectivity index (χ4v) is 2.59. The van der Waals surface area contributed by atoms with E-state index in [2.05, 4.69) is 21.1 Å². The molecule has 0 N–H and O–H groups in total. The maximum Gasteiger partial charge on any atom is 0.227 e. The minimum absolute atomic E-state index is 0.120. The fourth-order valence-electron chi connectivity index (χ4n) is 2.59. The van der Waals surface area contributed by atoms with Crippen molar-refractivity contribution >= 4 is 11.6 Å². The van der Waals surface area contributed by atoms with Crippen molar-refractivity contribution in [2.75, 3.05) is 11.4 Å². The van der Waals surface area contributed by atoms with Gasteiger partial charge in [0, 0.05) is 38.4 Å². The maximum atomic E-state index is 12.3. The summed E-state index contributed by atoms with van der Waals surface area (Å²) in [6, 6.07) is 1.97. The van der Waals surface area contributed by atoms with Crippen molar-refractivity contribution in [1.82, 2.24) is 4.98 Å². The van der Waals surface area contributed by atoms with Gasteiger partial charge in [0.05, 0.1) is 11.9 Å². The maximum absolute atomic E-state index is 12.3. The number of hydrogen-bond donors (Lipinski definition) is 0. The largest absolute Gasteiger partial charge is 0.310 e. The van der Waals surface area contributed by atoms with Gasteiger partial charge in [-0.15, -0.1) is 12.3 Å². The molecule has 20 heavy (non-hydrogen) atoms. The predicted molar refractivity (Wildman–Crippen MR) is 75.2 cm³/mol. The first kappa shape index (κ1) is 12.8. The molecule has 0 saturated carbocycles. The van der Waals surface area contributed by atoms with Crippen LogP contribution in [-0.2, 0) is 11.2 Å². The Morgan fingerprint density at radius 1 is 1.45 bits per heavy atom. The summed E-state index contributed by atoms with van der Waals surface area (Å²) in [7, 11) is 0. The second-order valence-electron chi connectivity index (χ2n) is 5.19. The van der Waals surface area contributed by atoms with Crippen LogP contribution in [0.3, 0.4) is 0 Å². The molecule has 5 heteroatoms. The summed E-state index contributed by atoms with van der Waals surface area (Å²) in [5, 5.41) is 8.12. The van der Waals surface area contributed by atoms with E-state index in [9.17, 15) is 4.79 Å². The normalized spacial score (nSPS) is 17.6. The van der Waals surface area contributed by atoms with Crippen molar-refractivity contribution in [1.29, 1.82) is 0 Å². The molecule has 0 saturated heterocycles. The topological polar surface area (TPSA) is 57.9 Å². The van der Waals surface area contributed by atoms with Crippen LogP contribution in [0.15, 0.2) is 28.7 Å². The molecule has 1 aromatic heterocycles. The van der Waals surface area contributed by atoms with E-state index in [0.717, 1.165) is 25.1 Å². The van der Waals surface area contributed by atoms with Gasteiger partial charge in [-0.3, -0.25) is 9.78 Å². The van der Waals surface area contributed by atoms with Crippen LogP contribution in [0.2, 0.25) is 0 Å². The third-order valence-corrected chi connectivity index (χ3v) is 3.88. The minimum atomic E-state index is -0.375. The predicted octanol–water partition coefficient (Wildman–Crippen LogP) is 2.33. The Balaban J connectivity index is 1.58. The molecule has 0 atom stereocenters. The molecule has 2 aliphatic rings. The zero-order chi connectivity index (χ0) is 14.0. The third kappa shape index (κ3) is 2.42. The lowest BCUT2D eigenvalue weighted by atomic mass is 10.0. The molecular formula is C15H16N4O. The molecule has 5 nitrogen and oxygen atoms in total. The van der Waals surface area contributed by atoms with Gasteiger partial charge in [-0.25, -0.2) is 0 Å². The molecule has 3 rings (SSSR count). The Kier molecular flexibility index (Phi) is 3.23. The fraction of sp³-hybridized carbons (Fsp3) is 0.467. The number of fused-ring (bicyclic) bond motifs is 1. The highest BCUT2D eigenvalue weighted by Crippen LogP contribution is 2.38. The minimum Gasteiger partial charge on any atom is -0.310 e. The SMILES string of the molecule is C#CCCC1(CCC(=O)N2CCc3ccncc32)N=N1. The summed E-state index contributed by atoms with van der Waals surface area (Å²) in [6.45, 7) is 0.742. The number of nitrogens with zero attached hydrogens (tertiary/aromatic N) is 4. The van der Waals surface area contributed by atoms with Gasteiger partial charge in [0.2, 0.25) is 5.91 Å². The Labute approximate surface area is 118 Å². The summed E-state index contributed by atoms with van der Waals surface area (Å²) in [5.41, 5.74) is 1.76. The van der Waals surface area contributed by atoms with Crippen LogP contribution in [0.1, 0.15) is 31.2 Å². The van der Waals surface area contributed by atoms with Crippen molar-refractivity contribution in [3.63, 3.8) is 0 Å². The Morgan fingerprint density at radius 3 is 3.05 bits per heavy atom. The molecule has 0 bridgehead atoms. The summed E-state index contributed by atoms with van der Waals surface area (Å²) >= 11 is 0. The molecule has 0 spiro atoms. The summed E-state index contributed by atoms with van der Waals surface area (Å²) in [6.07, 6.45) is 12.2. The first-order chi connectivity index (χ1) is 9.74. The third-order valence-electron chi connectivity index (χ3n) is 3.88. The Bertz CT molecular complexity index is 596. The molecule has 3 heterocycles. The smallest absolute Gasteiger partial charge is 0.227 e. The van der Waals surface area contributed by atoms with E-state index in [1.807, 2.05) is 11.0 Å². The zero-order valence-electron chi connectivity index (χ0n) is 11.2. The zero-order valence-corrected chi connectivity index (χ0v) is 11.2. The number of terminal acetylenes is 1. The van der Waals surface area contributed by atoms with E-state index < -0.39 is 0 Å². The lowest BCUT2D eigenvalue weighted by Crippen LogP contribution is -2.30. The van der Waals surface area contributed by atoms with E-state index >= 15 is 0 Å². The number of aromatic nitrogens is 1. The van der Waals surface area contributed by atoms with E-state index in [-0.39, 0.29) is 11.6 Å². The van der Waals surface area contributed by atoms with Gasteiger partial charge in [-0.2, -0.15) is 10.2 Å². The van der Waals surface area contributed by atoms with Gasteiger partial charge in [0.25, 0.3) is 0 Å². The second kappa shape index (κ2) is 5.04. The summed E-state index contributed by atoms with van der Waals surface area (Å²) in [5.74, 6) is 2.72. The van der Waals surface area contributed by atoms with Gasteiger partial charge in [0.1, 0.15) is 0 Å². The standard InChI is InChI=1S/C15H16N4O/c1-2-3-7-15(17-18-15)8-4-14(20)19-10-6-12-5-9-16-11-13(12)19/h1,5,9,11H,3-4,6-8,10H2. The highest BCUT2D eigenvalue weighted by molar-refractivity contribution is 5.95. The lowest BCUT2D eigenvalue weighted by Gasteiger charge is -2.17. The van der Waals surface area contributed by atoms with Crippen LogP contribution in [0.4, 0.5) is 5.69 Å². The van der Waals surface area contributed by atoms with Crippen LogP contribution in [-0.4, -0.2) is 23.1 Å². The number of carbonyl (C=O) groups is 1. The van der Waals surface area contributed by atoms with Gasteiger partial charge in [0.15, 0.2) is 5.66 Å². The molecule has 0 aliphatic carbocycles. The lowest BCUT2D eigenvalue weighted by molar-refractivity contribution is -0.118. The van der Waals surface area contributed by atoms with Gasteiger partial charge >= 0.3 is 0 Å². The molecular weight excluding hydrogens is 252 g/mol. The molecule has 0 unspecified atom stereocenters. The molecule has 0 aromatic carbocycles. The number of carbonyl (C=O) groups excluding carboxylic acids is 1. The number of hydrogen-bond acceptors (Lipinski definition) is 4. The summed E-state index contributed by atoms with van der Waals surface area (Å²) < 4.78 is 0. The highest BCUT2D eigenvalue weighted by Gasteiger charge is 2.40. The second-order valence-corrected chi connectivity index (χ2v) is 5.19. The van der Waals surface area contributed by atoms with E-state index in [1.165, 1.54) is 5.56 Å². The van der Waals surface area contributed by atoms with Gasteiger partial charge in [-0.1, -0.05) is 0 Å². The van der Waals surface area contributed by atoms with Crippen LogP contribution in [0, 0.1) is 12.3 Å². The number of pyridine rings is 1. The van der Waals surface area contributed by atoms with Crippen LogP contribution >= 0.6 is 0 Å². The van der Waals surface area contributed by atoms with Crippen molar-refractivity contribution in [3.05, 3.63) is 24.0 Å². The van der Waals surface area contributed by atoms with E-state index in [1.54, 1.807) is 12.4 Å². The average molecular weight is 268 g/mol. The first-order valence-electron chi connectivity index (χ1n) is 6.85. The van der Waals surface area contributed by atoms with Crippen molar-refractivity contribution in [3.8, 4) is 12.3 Å². The molecule has 0 radical (unpaired) electrons. The quantitative estimate of drug-likeness (QED) is 0.769. The van der Waals surface area contributed by atoms with Crippen molar-refractivity contribution in [2.45, 2.75) is 37.8 Å². The average Bonchev–Trinajstić information content (AvgIpc) is 3.12. The number of rotatable bonds is 5. The Hall–Kier alpha value is -2.22. The van der Waals surface area contributed by atoms with Gasteiger partial charge in [-0.05, 0) is 18.1 Å². The molecule has 1 amide bonds. The van der Waals surface area contributed by atoms with Crippen LogP contribution in [0.25, 0.3) is 0 Å². The molecule has 2 aliphatic heterocycles. The monoisotopic (exact) mass is 268 g/mol. The Morgan fingerprint density at radius 2 is 2.30 bits per heavy atom. The van der Waals surface area contributed by atoms with Crippen LogP contribution < -0.4 is 4.90 Å². The van der Waals surface area contributed by atoms with E-state index in [4.69, 9.17) is 6.42 Å². The number of anilines is 1. The van der Waals surface area contributed by atoms with Crippen molar-refractivity contribution in [2.24, 2.45) is 10.2 Å². The molecule has 1 aromatic rings. The van der Waals surface area contributed by atoms with E-state index in [0.29, 0.717) is 19.3 Å². The number of amides is 1. The molecule has 0 fully saturated rings. The summed E-state index contributed by atoms with van der Waals surface area (Å²) in [4.78, 5) is 18.2.